The van der Waals surface area contributed by atoms with Crippen LogP contribution in [0.3, 0.4) is 0 Å². The average Bonchev–Trinajstić information content (AvgIpc) is 2.71. The van der Waals surface area contributed by atoms with Gasteiger partial charge in [0.1, 0.15) is 17.7 Å². The first-order valence-electron chi connectivity index (χ1n) is 5.47. The van der Waals surface area contributed by atoms with Gasteiger partial charge in [-0.05, 0) is 36.1 Å². The van der Waals surface area contributed by atoms with E-state index in [9.17, 15) is 4.39 Å². The van der Waals surface area contributed by atoms with Crippen molar-refractivity contribution in [1.82, 2.24) is 0 Å². The molecule has 0 saturated heterocycles. The Balaban J connectivity index is 2.23. The summed E-state index contributed by atoms with van der Waals surface area (Å²) in [5.41, 5.74) is 6.88. The van der Waals surface area contributed by atoms with Crippen LogP contribution in [0.4, 0.5) is 4.39 Å². The molecule has 2 N–H and O–H groups in total. The monoisotopic (exact) mass is 329 g/mol. The largest absolute Gasteiger partial charge is 0.483 e. The minimum atomic E-state index is -0.335. The Bertz CT molecular complexity index is 523. The van der Waals surface area contributed by atoms with E-state index in [0.717, 1.165) is 10.4 Å². The van der Waals surface area contributed by atoms with Gasteiger partial charge < -0.3 is 10.5 Å². The second kappa shape index (κ2) is 5.82. The predicted octanol–water partition coefficient (Wildman–Crippen LogP) is 4.04. The highest BCUT2D eigenvalue weighted by Crippen LogP contribution is 2.29. The van der Waals surface area contributed by atoms with Crippen LogP contribution < -0.4 is 10.5 Å². The number of hydrogen-bond donors (Lipinski definition) is 1. The van der Waals surface area contributed by atoms with Crippen molar-refractivity contribution < 1.29 is 9.13 Å². The molecule has 5 heteroatoms. The highest BCUT2D eigenvalue weighted by molar-refractivity contribution is 9.10. The molecule has 0 radical (unpaired) electrons. The zero-order valence-corrected chi connectivity index (χ0v) is 12.2. The number of benzene rings is 1. The molecule has 0 aliphatic rings. The van der Waals surface area contributed by atoms with Gasteiger partial charge in [-0.1, -0.05) is 15.9 Å². The van der Waals surface area contributed by atoms with Crippen molar-refractivity contribution in [3.8, 4) is 5.75 Å². The Morgan fingerprint density at radius 1 is 1.44 bits per heavy atom. The molecule has 2 rings (SSSR count). The Labute approximate surface area is 118 Å². The molecule has 2 aromatic rings. The average molecular weight is 330 g/mol. The normalized spacial score (nSPS) is 12.4. The van der Waals surface area contributed by atoms with Crippen LogP contribution in [0.5, 0.6) is 5.75 Å². The summed E-state index contributed by atoms with van der Waals surface area (Å²) in [5, 5.41) is 2.00. The van der Waals surface area contributed by atoms with Crippen molar-refractivity contribution in [2.45, 2.75) is 13.0 Å². The molecule has 0 aliphatic carbocycles. The molecule has 1 atom stereocenters. The molecular formula is C13H13BrFNOS. The smallest absolute Gasteiger partial charge is 0.145 e. The van der Waals surface area contributed by atoms with E-state index in [4.69, 9.17) is 10.5 Å². The molecular weight excluding hydrogens is 317 g/mol. The van der Waals surface area contributed by atoms with Gasteiger partial charge in [-0.25, -0.2) is 4.39 Å². The van der Waals surface area contributed by atoms with E-state index in [2.05, 4.69) is 15.9 Å². The summed E-state index contributed by atoms with van der Waals surface area (Å²) >= 11 is 4.84. The molecule has 0 bridgehead atoms. The Hall–Kier alpha value is -0.910. The lowest BCUT2D eigenvalue weighted by Gasteiger charge is -2.17. The Morgan fingerprint density at radius 3 is 2.78 bits per heavy atom. The van der Waals surface area contributed by atoms with E-state index in [1.807, 2.05) is 18.4 Å². The molecule has 1 unspecified atom stereocenters. The highest BCUT2D eigenvalue weighted by Gasteiger charge is 2.16. The van der Waals surface area contributed by atoms with E-state index < -0.39 is 0 Å². The number of halogens is 2. The van der Waals surface area contributed by atoms with Gasteiger partial charge in [0.05, 0.1) is 0 Å². The summed E-state index contributed by atoms with van der Waals surface area (Å²) in [6, 6.07) is 6.50. The summed E-state index contributed by atoms with van der Waals surface area (Å²) in [6.07, 6.45) is -0.237. The lowest BCUT2D eigenvalue weighted by atomic mass is 10.2. The number of hydrogen-bond acceptors (Lipinski definition) is 3. The fourth-order valence-electron chi connectivity index (χ4n) is 1.68. The fraction of sp³-hybridized carbons (Fsp3) is 0.231. The van der Waals surface area contributed by atoms with Gasteiger partial charge in [-0.3, -0.25) is 0 Å². The molecule has 1 aromatic carbocycles. The van der Waals surface area contributed by atoms with Gasteiger partial charge in [0.2, 0.25) is 0 Å². The van der Waals surface area contributed by atoms with Gasteiger partial charge >= 0.3 is 0 Å². The van der Waals surface area contributed by atoms with Crippen LogP contribution in [0.15, 0.2) is 34.1 Å². The molecule has 96 valence electrons. The maximum atomic E-state index is 13.3. The minimum Gasteiger partial charge on any atom is -0.483 e. The van der Waals surface area contributed by atoms with Crippen molar-refractivity contribution in [2.75, 3.05) is 6.54 Å². The third-order valence-electron chi connectivity index (χ3n) is 2.52. The zero-order valence-electron chi connectivity index (χ0n) is 9.82. The van der Waals surface area contributed by atoms with Crippen LogP contribution in [-0.4, -0.2) is 6.54 Å². The molecule has 0 spiro atoms. The van der Waals surface area contributed by atoms with Crippen molar-refractivity contribution in [2.24, 2.45) is 5.73 Å². The van der Waals surface area contributed by atoms with E-state index in [-0.39, 0.29) is 11.9 Å². The van der Waals surface area contributed by atoms with Crippen molar-refractivity contribution >= 4 is 27.3 Å². The predicted molar refractivity (Wildman–Crippen MR) is 75.6 cm³/mol. The molecule has 0 fully saturated rings. The van der Waals surface area contributed by atoms with Gasteiger partial charge in [0, 0.05) is 22.0 Å². The zero-order chi connectivity index (χ0) is 13.1. The summed E-state index contributed by atoms with van der Waals surface area (Å²) < 4.78 is 19.7. The summed E-state index contributed by atoms with van der Waals surface area (Å²) in [7, 11) is 0. The molecule has 0 aliphatic heterocycles. The SMILES string of the molecule is Cc1ccsc1C(CN)Oc1cc(F)cc(Br)c1. The second-order valence-corrected chi connectivity index (χ2v) is 5.78. The van der Waals surface area contributed by atoms with E-state index in [0.29, 0.717) is 16.8 Å². The molecule has 1 aromatic heterocycles. The topological polar surface area (TPSA) is 35.2 Å². The molecule has 2 nitrogen and oxygen atoms in total. The Morgan fingerprint density at radius 2 is 2.22 bits per heavy atom. The van der Waals surface area contributed by atoms with Crippen LogP contribution in [-0.2, 0) is 0 Å². The lowest BCUT2D eigenvalue weighted by Crippen LogP contribution is -2.18. The minimum absolute atomic E-state index is 0.237. The highest BCUT2D eigenvalue weighted by atomic mass is 79.9. The first-order chi connectivity index (χ1) is 8.60. The molecule has 1 heterocycles. The fourth-order valence-corrected chi connectivity index (χ4v) is 3.10. The number of ether oxygens (including phenoxy) is 1. The number of aryl methyl sites for hydroxylation is 1. The second-order valence-electron chi connectivity index (χ2n) is 3.92. The van der Waals surface area contributed by atoms with Crippen LogP contribution in [0.1, 0.15) is 16.5 Å². The standard InChI is InChI=1S/C13H13BrFNOS/c1-8-2-3-18-13(8)12(7-16)17-11-5-9(14)4-10(15)6-11/h2-6,12H,7,16H2,1H3. The third kappa shape index (κ3) is 3.10. The lowest BCUT2D eigenvalue weighted by molar-refractivity contribution is 0.216. The summed E-state index contributed by atoms with van der Waals surface area (Å²) in [6.45, 7) is 2.37. The molecule has 0 amide bonds. The maximum absolute atomic E-state index is 13.3. The summed E-state index contributed by atoms with van der Waals surface area (Å²) in [4.78, 5) is 1.08. The molecule has 18 heavy (non-hydrogen) atoms. The summed E-state index contributed by atoms with van der Waals surface area (Å²) in [5.74, 6) is 0.142. The van der Waals surface area contributed by atoms with Gasteiger partial charge in [-0.2, -0.15) is 0 Å². The third-order valence-corrected chi connectivity index (χ3v) is 4.09. The number of nitrogens with two attached hydrogens (primary N) is 1. The van der Waals surface area contributed by atoms with Crippen molar-refractivity contribution in [1.29, 1.82) is 0 Å². The number of thiophene rings is 1. The number of rotatable bonds is 4. The van der Waals surface area contributed by atoms with Crippen molar-refractivity contribution in [3.05, 3.63) is 50.4 Å². The van der Waals surface area contributed by atoms with Crippen molar-refractivity contribution in [3.63, 3.8) is 0 Å². The van der Waals surface area contributed by atoms with Crippen LogP contribution in [0.25, 0.3) is 0 Å². The Kier molecular flexibility index (Phi) is 4.37. The van der Waals surface area contributed by atoms with Crippen LogP contribution in [0, 0.1) is 12.7 Å². The van der Waals surface area contributed by atoms with Gasteiger partial charge in [0.25, 0.3) is 0 Å². The first kappa shape index (κ1) is 13.5. The quantitative estimate of drug-likeness (QED) is 0.918. The van der Waals surface area contributed by atoms with Gasteiger partial charge in [0.15, 0.2) is 0 Å². The van der Waals surface area contributed by atoms with Crippen LogP contribution in [0.2, 0.25) is 0 Å². The first-order valence-corrected chi connectivity index (χ1v) is 7.14. The maximum Gasteiger partial charge on any atom is 0.145 e. The van der Waals surface area contributed by atoms with Crippen LogP contribution >= 0.6 is 27.3 Å². The van der Waals surface area contributed by atoms with E-state index in [1.165, 1.54) is 12.1 Å². The molecule has 0 saturated carbocycles. The van der Waals surface area contributed by atoms with Gasteiger partial charge in [-0.15, -0.1) is 11.3 Å². The van der Waals surface area contributed by atoms with E-state index in [1.54, 1.807) is 17.4 Å². The van der Waals surface area contributed by atoms with E-state index >= 15 is 0 Å².